The summed E-state index contributed by atoms with van der Waals surface area (Å²) in [7, 11) is 0. The number of nitrogens with two attached hydrogens (primary N) is 2. The Labute approximate surface area is 283 Å². The molecule has 4 aromatic heterocycles. The van der Waals surface area contributed by atoms with Gasteiger partial charge in [0.1, 0.15) is 49.4 Å². The van der Waals surface area contributed by atoms with Gasteiger partial charge >= 0.3 is 0 Å². The second-order valence-corrected chi connectivity index (χ2v) is 9.88. The van der Waals surface area contributed by atoms with Gasteiger partial charge in [-0.25, -0.2) is 29.9 Å². The van der Waals surface area contributed by atoms with Crippen LogP contribution in [0.5, 0.6) is 0 Å². The maximum Gasteiger partial charge on any atom is 0.181 e. The SMILES string of the molecule is C=CC.N#CCNc1ccc(NCC#N)cc1.Nc1ccc(N)cc1.c1ncc2c(n1)ncn2-c1ccc(-n2cnc3ncncc32)cc1. The molecule has 49 heavy (non-hydrogen) atoms. The summed E-state index contributed by atoms with van der Waals surface area (Å²) in [5.41, 5.74) is 19.1. The van der Waals surface area contributed by atoms with Crippen LogP contribution in [-0.4, -0.2) is 52.1 Å². The summed E-state index contributed by atoms with van der Waals surface area (Å²) in [4.78, 5) is 25.0. The van der Waals surface area contributed by atoms with Gasteiger partial charge in [-0.1, -0.05) is 6.08 Å². The van der Waals surface area contributed by atoms with Crippen molar-refractivity contribution >= 4 is 45.1 Å². The Balaban J connectivity index is 0.000000183. The molecule has 0 spiro atoms. The van der Waals surface area contributed by atoms with Gasteiger partial charge in [-0.2, -0.15) is 10.5 Å². The number of aromatic nitrogens is 8. The fourth-order valence-electron chi connectivity index (χ4n) is 4.19. The van der Waals surface area contributed by atoms with Gasteiger partial charge in [0, 0.05) is 34.1 Å². The minimum absolute atomic E-state index is 0.297. The molecule has 4 heterocycles. The molecule has 14 heteroatoms. The van der Waals surface area contributed by atoms with Crippen LogP contribution >= 0.6 is 0 Å². The van der Waals surface area contributed by atoms with Gasteiger partial charge in [0.05, 0.1) is 24.5 Å². The van der Waals surface area contributed by atoms with Gasteiger partial charge in [0.2, 0.25) is 0 Å². The first kappa shape index (κ1) is 34.6. The molecule has 3 aromatic carbocycles. The molecule has 0 saturated heterocycles. The quantitative estimate of drug-likeness (QED) is 0.0992. The average molecular weight is 651 g/mol. The van der Waals surface area contributed by atoms with Crippen molar-refractivity contribution < 1.29 is 0 Å². The highest BCUT2D eigenvalue weighted by molar-refractivity contribution is 5.73. The zero-order valence-electron chi connectivity index (χ0n) is 26.7. The minimum atomic E-state index is 0.297. The Morgan fingerprint density at radius 1 is 0.653 bits per heavy atom. The minimum Gasteiger partial charge on any atom is -0.399 e. The lowest BCUT2D eigenvalue weighted by Crippen LogP contribution is -2.00. The third kappa shape index (κ3) is 9.83. The van der Waals surface area contributed by atoms with Gasteiger partial charge in [-0.15, -0.1) is 6.58 Å². The number of nitrogens with zero attached hydrogens (tertiary/aromatic N) is 10. The number of benzene rings is 3. The molecular weight excluding hydrogens is 616 g/mol. The second-order valence-electron chi connectivity index (χ2n) is 9.88. The summed E-state index contributed by atoms with van der Waals surface area (Å²) in [5.74, 6) is 0. The van der Waals surface area contributed by atoms with Crippen LogP contribution in [0.3, 0.4) is 0 Å². The van der Waals surface area contributed by atoms with Crippen LogP contribution in [0.25, 0.3) is 33.7 Å². The van der Waals surface area contributed by atoms with Crippen molar-refractivity contribution in [3.05, 3.63) is 123 Å². The van der Waals surface area contributed by atoms with Crippen molar-refractivity contribution in [2.24, 2.45) is 0 Å². The van der Waals surface area contributed by atoms with Crippen LogP contribution in [0, 0.1) is 22.7 Å². The molecule has 0 fully saturated rings. The van der Waals surface area contributed by atoms with Crippen LogP contribution < -0.4 is 22.1 Å². The highest BCUT2D eigenvalue weighted by Gasteiger charge is 2.08. The van der Waals surface area contributed by atoms with E-state index in [1.54, 1.807) is 55.4 Å². The van der Waals surface area contributed by atoms with Crippen molar-refractivity contribution in [1.82, 2.24) is 39.0 Å². The normalized spacial score (nSPS) is 9.69. The van der Waals surface area contributed by atoms with Gasteiger partial charge < -0.3 is 22.1 Å². The van der Waals surface area contributed by atoms with Crippen molar-refractivity contribution in [1.29, 1.82) is 10.5 Å². The van der Waals surface area contributed by atoms with E-state index in [0.29, 0.717) is 24.4 Å². The molecule has 0 atom stereocenters. The first-order valence-corrected chi connectivity index (χ1v) is 14.8. The number of hydrogen-bond donors (Lipinski definition) is 4. The van der Waals surface area contributed by atoms with Crippen molar-refractivity contribution in [2.75, 3.05) is 35.2 Å². The molecule has 6 N–H and O–H groups in total. The van der Waals surface area contributed by atoms with E-state index in [-0.39, 0.29) is 0 Å². The molecule has 0 radical (unpaired) electrons. The van der Waals surface area contributed by atoms with E-state index < -0.39 is 0 Å². The molecule has 0 unspecified atom stereocenters. The van der Waals surface area contributed by atoms with Crippen LogP contribution in [0.1, 0.15) is 6.92 Å². The van der Waals surface area contributed by atoms with Crippen LogP contribution in [-0.2, 0) is 0 Å². The highest BCUT2D eigenvalue weighted by atomic mass is 15.1. The lowest BCUT2D eigenvalue weighted by Gasteiger charge is -2.07. The number of nitriles is 2. The first-order chi connectivity index (χ1) is 24.0. The Bertz CT molecular complexity index is 1990. The summed E-state index contributed by atoms with van der Waals surface area (Å²) in [5, 5.41) is 22.5. The van der Waals surface area contributed by atoms with E-state index in [1.807, 2.05) is 76.7 Å². The van der Waals surface area contributed by atoms with Gasteiger partial charge in [0.15, 0.2) is 11.3 Å². The van der Waals surface area contributed by atoms with Crippen molar-refractivity contribution in [3.8, 4) is 23.5 Å². The Morgan fingerprint density at radius 2 is 1.02 bits per heavy atom. The summed E-state index contributed by atoms with van der Waals surface area (Å²) >= 11 is 0. The standard InChI is InChI=1S/C16H10N8.C10H10N4.C6H8N2.C3H6/c1-2-12(24-10-22-16-14(24)6-18-8-20-16)4-3-11(1)23-9-21-15-13(23)5-17-7-19-15;11-5-7-13-9-1-2-10(4-3-9)14-8-6-12;7-5-1-2-6(8)4-3-5;1-3-2/h1-10H;1-4,13-14H,7-8H2;1-4H,7-8H2;3H,1H2,2H3. The molecule has 0 amide bonds. The number of allylic oxidation sites excluding steroid dienone is 1. The summed E-state index contributed by atoms with van der Waals surface area (Å²) in [6.07, 6.45) is 11.7. The lowest BCUT2D eigenvalue weighted by atomic mass is 10.2. The molecule has 7 aromatic rings. The van der Waals surface area contributed by atoms with E-state index in [9.17, 15) is 0 Å². The largest absolute Gasteiger partial charge is 0.399 e. The number of hydrogen-bond acceptors (Lipinski definition) is 12. The Hall–Kier alpha value is -7.32. The zero-order chi connectivity index (χ0) is 34.8. The number of imidazole rings is 2. The molecule has 0 bridgehead atoms. The number of nitrogen functional groups attached to an aromatic ring is 2. The zero-order valence-corrected chi connectivity index (χ0v) is 26.7. The number of anilines is 4. The smallest absolute Gasteiger partial charge is 0.181 e. The van der Waals surface area contributed by atoms with E-state index in [0.717, 1.165) is 45.2 Å². The Kier molecular flexibility index (Phi) is 12.7. The number of fused-ring (bicyclic) bond motifs is 2. The average Bonchev–Trinajstić information content (AvgIpc) is 3.78. The maximum absolute atomic E-state index is 8.34. The summed E-state index contributed by atoms with van der Waals surface area (Å²) in [6.45, 7) is 5.84. The van der Waals surface area contributed by atoms with Crippen LogP contribution in [0.15, 0.2) is 123 Å². The van der Waals surface area contributed by atoms with E-state index in [2.05, 4.69) is 47.1 Å². The van der Waals surface area contributed by atoms with E-state index >= 15 is 0 Å². The van der Waals surface area contributed by atoms with E-state index in [4.69, 9.17) is 22.0 Å². The van der Waals surface area contributed by atoms with Crippen molar-refractivity contribution in [2.45, 2.75) is 6.92 Å². The van der Waals surface area contributed by atoms with Crippen molar-refractivity contribution in [3.63, 3.8) is 0 Å². The summed E-state index contributed by atoms with van der Waals surface area (Å²) in [6, 6.07) is 26.6. The second kappa shape index (κ2) is 18.0. The first-order valence-electron chi connectivity index (χ1n) is 14.8. The lowest BCUT2D eigenvalue weighted by molar-refractivity contribution is 1.06. The fourth-order valence-corrected chi connectivity index (χ4v) is 4.19. The van der Waals surface area contributed by atoms with Crippen LogP contribution in [0.2, 0.25) is 0 Å². The number of rotatable bonds is 6. The molecule has 244 valence electrons. The third-order valence-corrected chi connectivity index (χ3v) is 6.43. The number of nitrogens with one attached hydrogen (secondary N) is 2. The fraction of sp³-hybridized carbons (Fsp3) is 0.0857. The molecule has 0 saturated carbocycles. The van der Waals surface area contributed by atoms with Crippen LogP contribution in [0.4, 0.5) is 22.7 Å². The summed E-state index contributed by atoms with van der Waals surface area (Å²) < 4.78 is 3.91. The molecule has 7 rings (SSSR count). The molecule has 0 aliphatic rings. The molecule has 0 aliphatic heterocycles. The highest BCUT2D eigenvalue weighted by Crippen LogP contribution is 2.20. The molecular formula is C35H34N14. The van der Waals surface area contributed by atoms with Gasteiger partial charge in [-0.3, -0.25) is 9.13 Å². The molecule has 0 aliphatic carbocycles. The predicted octanol–water partition coefficient (Wildman–Crippen LogP) is 5.55. The Morgan fingerprint density at radius 3 is 1.37 bits per heavy atom. The predicted molar refractivity (Wildman–Crippen MR) is 193 cm³/mol. The monoisotopic (exact) mass is 650 g/mol. The van der Waals surface area contributed by atoms with Gasteiger partial charge in [0.25, 0.3) is 0 Å². The van der Waals surface area contributed by atoms with E-state index in [1.165, 1.54) is 12.7 Å². The maximum atomic E-state index is 8.34. The topological polar surface area (TPSA) is 211 Å². The van der Waals surface area contributed by atoms with Gasteiger partial charge in [-0.05, 0) is 79.7 Å². The molecule has 14 nitrogen and oxygen atoms in total. The third-order valence-electron chi connectivity index (χ3n) is 6.43.